The van der Waals surface area contributed by atoms with Gasteiger partial charge in [-0.05, 0) is 48.5 Å². The molecule has 1 amide bonds. The van der Waals surface area contributed by atoms with Crippen LogP contribution in [0, 0.1) is 11.7 Å². The molecule has 7 nitrogen and oxygen atoms in total. The third kappa shape index (κ3) is 6.14. The lowest BCUT2D eigenvalue weighted by atomic mass is 10.0. The molecule has 2 unspecified atom stereocenters. The summed E-state index contributed by atoms with van der Waals surface area (Å²) in [5.41, 5.74) is 7.92. The van der Waals surface area contributed by atoms with E-state index in [0.29, 0.717) is 28.3 Å². The van der Waals surface area contributed by atoms with Crippen LogP contribution in [0.5, 0.6) is 17.2 Å². The summed E-state index contributed by atoms with van der Waals surface area (Å²) < 4.78 is 56.1. The van der Waals surface area contributed by atoms with Crippen molar-refractivity contribution in [2.24, 2.45) is 11.7 Å². The van der Waals surface area contributed by atoms with Crippen molar-refractivity contribution in [3.63, 3.8) is 0 Å². The number of aromatic nitrogens is 1. The highest BCUT2D eigenvalue weighted by Crippen LogP contribution is 2.49. The number of carbonyl (C=O) groups excluding carboxylic acids is 1. The molecule has 1 heterocycles. The molecule has 1 aliphatic rings. The molecule has 0 aliphatic heterocycles. The van der Waals surface area contributed by atoms with E-state index < -0.39 is 17.7 Å². The number of amides is 1. The number of methoxy groups -OCH3 is 2. The van der Waals surface area contributed by atoms with Crippen molar-refractivity contribution in [3.05, 3.63) is 70.6 Å². The summed E-state index contributed by atoms with van der Waals surface area (Å²) in [5.74, 6) is -3.76. The predicted octanol–water partition coefficient (Wildman–Crippen LogP) is 5.06. The molecule has 1 aromatic heterocycles. The van der Waals surface area contributed by atoms with Crippen molar-refractivity contribution in [2.45, 2.75) is 18.3 Å². The Labute approximate surface area is 223 Å². The minimum atomic E-state index is -2.68. The molecule has 0 spiro atoms. The molecule has 11 heteroatoms. The summed E-state index contributed by atoms with van der Waals surface area (Å²) in [7, 11) is 2.90. The molecule has 3 N–H and O–H groups in total. The number of pyridine rings is 1. The normalized spacial score (nSPS) is 16.4. The molecule has 2 atom stereocenters. The Morgan fingerprint density at radius 1 is 1.13 bits per heavy atom. The van der Waals surface area contributed by atoms with Gasteiger partial charge in [0.1, 0.15) is 17.3 Å². The van der Waals surface area contributed by atoms with E-state index >= 15 is 0 Å². The lowest BCUT2D eigenvalue weighted by Crippen LogP contribution is -2.32. The van der Waals surface area contributed by atoms with Crippen molar-refractivity contribution in [3.8, 4) is 28.5 Å². The molecule has 4 rings (SSSR count). The van der Waals surface area contributed by atoms with Gasteiger partial charge in [0, 0.05) is 42.2 Å². The second-order valence-electron chi connectivity index (χ2n) is 8.90. The number of hydrogen-bond donors (Lipinski definition) is 2. The Morgan fingerprint density at radius 3 is 2.47 bits per heavy atom. The third-order valence-electron chi connectivity index (χ3n) is 6.33. The maximum absolute atomic E-state index is 13.7. The lowest BCUT2D eigenvalue weighted by Gasteiger charge is -2.18. The zero-order valence-corrected chi connectivity index (χ0v) is 21.5. The van der Waals surface area contributed by atoms with Gasteiger partial charge in [0.2, 0.25) is 0 Å². The summed E-state index contributed by atoms with van der Waals surface area (Å²) in [6.07, 6.45) is -0.194. The Morgan fingerprint density at radius 2 is 1.84 bits per heavy atom. The van der Waals surface area contributed by atoms with E-state index in [1.165, 1.54) is 44.6 Å². The standard InChI is InChI=1S/C27H27ClF3N3O4/c1-36-23-8-6-21(34-25(23)15-3-5-20(29)19(28)9-15)17(12-32)13-33-26(35)16-4-7-22(24(10-16)37-2)38-14-18-11-27(18,30)31/h3-10,17-18H,11-14,32H2,1-2H3,(H,33,35). The van der Waals surface area contributed by atoms with Crippen LogP contribution in [0.2, 0.25) is 5.02 Å². The molecular weight excluding hydrogens is 523 g/mol. The van der Waals surface area contributed by atoms with Crippen molar-refractivity contribution in [2.75, 3.05) is 33.9 Å². The first kappa shape index (κ1) is 27.5. The highest BCUT2D eigenvalue weighted by atomic mass is 35.5. The van der Waals surface area contributed by atoms with Crippen LogP contribution in [0.3, 0.4) is 0 Å². The van der Waals surface area contributed by atoms with Gasteiger partial charge in [0.15, 0.2) is 11.5 Å². The Bertz CT molecular complexity index is 1320. The Kier molecular flexibility index (Phi) is 8.32. The number of nitrogens with zero attached hydrogens (tertiary/aromatic N) is 1. The highest BCUT2D eigenvalue weighted by molar-refractivity contribution is 6.31. The van der Waals surface area contributed by atoms with Crippen LogP contribution in [0.25, 0.3) is 11.3 Å². The largest absolute Gasteiger partial charge is 0.494 e. The van der Waals surface area contributed by atoms with Gasteiger partial charge in [-0.1, -0.05) is 11.6 Å². The van der Waals surface area contributed by atoms with Crippen LogP contribution in [0.15, 0.2) is 48.5 Å². The van der Waals surface area contributed by atoms with E-state index in [0.717, 1.165) is 0 Å². The zero-order valence-electron chi connectivity index (χ0n) is 20.8. The van der Waals surface area contributed by atoms with E-state index in [1.807, 2.05) is 0 Å². The Hall–Kier alpha value is -3.50. The number of carbonyl (C=O) groups is 1. The van der Waals surface area contributed by atoms with E-state index in [4.69, 9.17) is 31.5 Å². The lowest BCUT2D eigenvalue weighted by molar-refractivity contribution is 0.0851. The van der Waals surface area contributed by atoms with Gasteiger partial charge in [-0.15, -0.1) is 0 Å². The van der Waals surface area contributed by atoms with Gasteiger partial charge in [-0.3, -0.25) is 4.79 Å². The van der Waals surface area contributed by atoms with E-state index in [2.05, 4.69) is 10.3 Å². The van der Waals surface area contributed by atoms with Crippen LogP contribution >= 0.6 is 11.6 Å². The van der Waals surface area contributed by atoms with Crippen LogP contribution in [0.1, 0.15) is 28.4 Å². The minimum Gasteiger partial charge on any atom is -0.494 e. The Balaban J connectivity index is 1.45. The topological polar surface area (TPSA) is 95.7 Å². The van der Waals surface area contributed by atoms with Gasteiger partial charge >= 0.3 is 0 Å². The molecule has 3 aromatic rings. The molecule has 0 saturated heterocycles. The third-order valence-corrected chi connectivity index (χ3v) is 6.62. The second kappa shape index (κ2) is 11.5. The summed E-state index contributed by atoms with van der Waals surface area (Å²) in [6.45, 7) is 0.231. The number of halogens is 4. The van der Waals surface area contributed by atoms with Gasteiger partial charge in [-0.2, -0.15) is 0 Å². The molecule has 38 heavy (non-hydrogen) atoms. The van der Waals surface area contributed by atoms with Gasteiger partial charge in [0.25, 0.3) is 11.8 Å². The molecule has 0 bridgehead atoms. The SMILES string of the molecule is COc1cc(C(=O)NCC(CN)c2ccc(OC)c(-c3ccc(F)c(Cl)c3)n2)ccc1OCC1CC1(F)F. The number of nitrogens with two attached hydrogens (primary N) is 1. The number of nitrogens with one attached hydrogen (secondary N) is 1. The van der Waals surface area contributed by atoms with Crippen LogP contribution in [-0.2, 0) is 0 Å². The number of alkyl halides is 2. The van der Waals surface area contributed by atoms with Crippen molar-refractivity contribution in [1.82, 2.24) is 10.3 Å². The maximum Gasteiger partial charge on any atom is 0.255 e. The van der Waals surface area contributed by atoms with Crippen molar-refractivity contribution >= 4 is 17.5 Å². The van der Waals surface area contributed by atoms with Gasteiger partial charge in [0.05, 0.1) is 31.8 Å². The van der Waals surface area contributed by atoms with E-state index in [9.17, 15) is 18.0 Å². The quantitative estimate of drug-likeness (QED) is 0.347. The number of ether oxygens (including phenoxy) is 3. The fraction of sp³-hybridized carbons (Fsp3) is 0.333. The maximum atomic E-state index is 13.7. The number of rotatable bonds is 11. The van der Waals surface area contributed by atoms with Gasteiger partial charge in [-0.25, -0.2) is 18.2 Å². The van der Waals surface area contributed by atoms with Gasteiger partial charge < -0.3 is 25.3 Å². The van der Waals surface area contributed by atoms with Crippen molar-refractivity contribution < 1.29 is 32.2 Å². The fourth-order valence-corrected chi connectivity index (χ4v) is 4.08. The highest BCUT2D eigenvalue weighted by Gasteiger charge is 2.57. The predicted molar refractivity (Wildman–Crippen MR) is 137 cm³/mol. The first-order chi connectivity index (χ1) is 18.2. The van der Waals surface area contributed by atoms with Crippen molar-refractivity contribution in [1.29, 1.82) is 0 Å². The average molecular weight is 550 g/mol. The molecule has 0 radical (unpaired) electrons. The van der Waals surface area contributed by atoms with E-state index in [-0.39, 0.29) is 54.5 Å². The summed E-state index contributed by atoms with van der Waals surface area (Å²) in [6, 6.07) is 12.2. The number of hydrogen-bond acceptors (Lipinski definition) is 6. The monoisotopic (exact) mass is 549 g/mol. The molecule has 2 aromatic carbocycles. The second-order valence-corrected chi connectivity index (χ2v) is 9.30. The fourth-order valence-electron chi connectivity index (χ4n) is 3.90. The first-order valence-corrected chi connectivity index (χ1v) is 12.2. The number of benzene rings is 2. The molecule has 1 saturated carbocycles. The summed E-state index contributed by atoms with van der Waals surface area (Å²) in [5, 5.41) is 2.79. The van der Waals surface area contributed by atoms with Crippen LogP contribution in [-0.4, -0.2) is 50.7 Å². The van der Waals surface area contributed by atoms with E-state index in [1.54, 1.807) is 18.2 Å². The molecule has 202 valence electrons. The minimum absolute atomic E-state index is 0.0447. The molecule has 1 aliphatic carbocycles. The van der Waals surface area contributed by atoms with Crippen LogP contribution < -0.4 is 25.3 Å². The molecule has 1 fully saturated rings. The first-order valence-electron chi connectivity index (χ1n) is 11.8. The summed E-state index contributed by atoms with van der Waals surface area (Å²) >= 11 is 5.95. The molecular formula is C27H27ClF3N3O4. The van der Waals surface area contributed by atoms with Crippen LogP contribution in [0.4, 0.5) is 13.2 Å². The average Bonchev–Trinajstić information content (AvgIpc) is 3.54. The zero-order chi connectivity index (χ0) is 27.4. The summed E-state index contributed by atoms with van der Waals surface area (Å²) in [4.78, 5) is 17.5. The smallest absolute Gasteiger partial charge is 0.255 e.